The van der Waals surface area contributed by atoms with E-state index in [0.29, 0.717) is 17.8 Å². The van der Waals surface area contributed by atoms with E-state index in [2.05, 4.69) is 32.5 Å². The van der Waals surface area contributed by atoms with Crippen LogP contribution in [0.2, 0.25) is 0 Å². The Labute approximate surface area is 308 Å². The van der Waals surface area contributed by atoms with Crippen LogP contribution in [-0.4, -0.2) is 35.2 Å². The molecule has 1 N–H and O–H groups in total. The summed E-state index contributed by atoms with van der Waals surface area (Å²) in [6.45, 7) is 4.62. The number of phosphoric acid groups is 1. The van der Waals surface area contributed by atoms with E-state index in [1.807, 2.05) is 60.0 Å². The van der Waals surface area contributed by atoms with Gasteiger partial charge in [-0.25, -0.2) is 4.98 Å². The zero-order chi connectivity index (χ0) is 28.0. The minimum Gasteiger partial charge on any atom is -0.822 e. The number of nitrogens with zero attached hydrogens (tertiary/aromatic N) is 6. The second-order valence-corrected chi connectivity index (χ2v) is 9.74. The number of unbranched alkanes of at least 4 members (excludes halogenated alkanes) is 1. The average molecular weight is 615 g/mol. The van der Waals surface area contributed by atoms with Crippen LogP contribution in [0.5, 0.6) is 0 Å². The molecule has 0 aliphatic heterocycles. The van der Waals surface area contributed by atoms with Crippen LogP contribution in [0, 0.1) is 6.92 Å². The van der Waals surface area contributed by atoms with Crippen molar-refractivity contribution < 1.29 is 108 Å². The van der Waals surface area contributed by atoms with E-state index in [1.165, 1.54) is 0 Å². The second kappa shape index (κ2) is 18.0. The zero-order valence-electron chi connectivity index (χ0n) is 24.3. The number of tetrazole rings is 1. The van der Waals surface area contributed by atoms with Crippen LogP contribution in [0.15, 0.2) is 65.7 Å². The minimum absolute atomic E-state index is 0. The molecule has 0 atom stereocenters. The summed E-state index contributed by atoms with van der Waals surface area (Å²) < 4.78 is 10.4. The van der Waals surface area contributed by atoms with E-state index in [1.54, 1.807) is 12.4 Å². The summed E-state index contributed by atoms with van der Waals surface area (Å²) in [6, 6.07) is 16.0. The van der Waals surface area contributed by atoms with Crippen molar-refractivity contribution in [3.05, 3.63) is 88.2 Å². The van der Waals surface area contributed by atoms with Gasteiger partial charge in [-0.05, 0) is 53.4 Å². The summed E-state index contributed by atoms with van der Waals surface area (Å²) >= 11 is 0. The van der Waals surface area contributed by atoms with E-state index in [9.17, 15) is 4.79 Å². The van der Waals surface area contributed by atoms with Gasteiger partial charge >= 0.3 is 88.7 Å². The third-order valence-corrected chi connectivity index (χ3v) is 5.96. The second-order valence-electron chi connectivity index (χ2n) is 8.84. The quantitative estimate of drug-likeness (QED) is 0.136. The molecule has 3 aromatic heterocycles. The van der Waals surface area contributed by atoms with Crippen LogP contribution in [0.4, 0.5) is 0 Å². The molecule has 0 radical (unpaired) electrons. The molecule has 0 bridgehead atoms. The van der Waals surface area contributed by atoms with E-state index in [-0.39, 0.29) is 94.2 Å². The fraction of sp³-hybridized carbons (Fsp3) is 0.231. The maximum absolute atomic E-state index is 13.4. The molecule has 5 aromatic rings. The number of fused-ring (bicyclic) bond motifs is 1. The van der Waals surface area contributed by atoms with Crippen LogP contribution >= 0.6 is 7.82 Å². The molecule has 0 amide bonds. The van der Waals surface area contributed by atoms with Gasteiger partial charge in [0.25, 0.3) is 5.56 Å². The molecule has 5 rings (SSSR count). The molecule has 0 unspecified atom stereocenters. The predicted molar refractivity (Wildman–Crippen MR) is 139 cm³/mol. The Morgan fingerprint density at radius 3 is 2.29 bits per heavy atom. The number of aromatic nitrogens is 7. The van der Waals surface area contributed by atoms with E-state index >= 15 is 0 Å². The molecule has 0 aliphatic carbocycles. The minimum atomic E-state index is -5.39. The van der Waals surface area contributed by atoms with Gasteiger partial charge in [-0.15, -0.1) is 10.2 Å². The number of nitrogens with one attached hydrogen (secondary N) is 1. The van der Waals surface area contributed by atoms with Gasteiger partial charge in [0, 0.05) is 24.4 Å². The van der Waals surface area contributed by atoms with Crippen molar-refractivity contribution in [1.29, 1.82) is 0 Å². The predicted octanol–water partition coefficient (Wildman–Crippen LogP) is -7.47. The van der Waals surface area contributed by atoms with Gasteiger partial charge in [0.15, 0.2) is 0 Å². The number of hydrogen-bond acceptors (Lipinski definition) is 10. The maximum Gasteiger partial charge on any atom is 1.00 e. The number of hydrogen-bond donors (Lipinski definition) is 1. The summed E-state index contributed by atoms with van der Waals surface area (Å²) in [5.41, 5.74) is 5.64. The molecule has 3 heterocycles. The summed E-state index contributed by atoms with van der Waals surface area (Å²) in [5.74, 6) is 1.33. The normalized spacial score (nSPS) is 10.5. The number of benzene rings is 2. The number of aryl methyl sites for hydroxylation is 2. The molecule has 42 heavy (non-hydrogen) atoms. The Balaban J connectivity index is 0.00000102. The topological polar surface area (TPSA) is 188 Å². The third-order valence-electron chi connectivity index (χ3n) is 5.96. The van der Waals surface area contributed by atoms with Crippen molar-refractivity contribution in [3.8, 4) is 22.5 Å². The van der Waals surface area contributed by atoms with Gasteiger partial charge in [-0.3, -0.25) is 14.3 Å². The Morgan fingerprint density at radius 2 is 1.67 bits per heavy atom. The third kappa shape index (κ3) is 10.8. The Kier molecular flexibility index (Phi) is 16.7. The van der Waals surface area contributed by atoms with Crippen LogP contribution in [0.3, 0.4) is 0 Å². The van der Waals surface area contributed by atoms with Gasteiger partial charge in [0.2, 0.25) is 5.82 Å². The summed E-state index contributed by atoms with van der Waals surface area (Å²) in [6.07, 6.45) is 6.29. The van der Waals surface area contributed by atoms with Crippen molar-refractivity contribution in [2.45, 2.75) is 39.7 Å². The van der Waals surface area contributed by atoms with E-state index < -0.39 is 7.82 Å². The van der Waals surface area contributed by atoms with Gasteiger partial charge in [0.1, 0.15) is 5.82 Å². The number of aromatic amines is 1. The molecular formula is C26H25N7Na3O5P. The first-order valence-corrected chi connectivity index (χ1v) is 13.6. The van der Waals surface area contributed by atoms with E-state index in [4.69, 9.17) is 24.2 Å². The van der Waals surface area contributed by atoms with Gasteiger partial charge in [-0.2, -0.15) is 13.0 Å². The molecule has 16 heteroatoms. The first kappa shape index (κ1) is 38.9. The monoisotopic (exact) mass is 615 g/mol. The number of H-pyrrole nitrogens is 1. The summed E-state index contributed by atoms with van der Waals surface area (Å²) in [7, 11) is -5.39. The van der Waals surface area contributed by atoms with Gasteiger partial charge < -0.3 is 19.2 Å². The smallest absolute Gasteiger partial charge is 0.822 e. The van der Waals surface area contributed by atoms with Gasteiger partial charge in [-0.1, -0.05) is 49.2 Å². The fourth-order valence-electron chi connectivity index (χ4n) is 4.14. The standard InChI is InChI=1S/C26H25N7O.3Na.H3O4P/c1-3-4-5-24-28-23-11-6-17(2)14-21(23)26(34)33(24)16-18-7-9-19(10-8-18)20-12-13-27-15-22(20)25-29-31-32-30-25;;;;1-5(2,3)4/h6-15H,3-5,16H2,1-2H3,(H,29,30,31,32);;;;(H3,1,2,3,4)/q;3*+1;/p-3. The fourth-order valence-corrected chi connectivity index (χ4v) is 4.14. The molecule has 0 saturated carbocycles. The summed E-state index contributed by atoms with van der Waals surface area (Å²) in [4.78, 5) is 48.1. The molecule has 12 nitrogen and oxygen atoms in total. The molecule has 0 saturated heterocycles. The SMILES string of the molecule is CCCCc1nc2ccc(C)cc2c(=O)n1Cc1ccc(-c2ccncc2-c2nn[nH]n2)cc1.O=P([O-])([O-])[O-].[Na+].[Na+].[Na+]. The maximum atomic E-state index is 13.4. The first-order valence-electron chi connectivity index (χ1n) is 12.1. The Hall–Kier alpha value is -1.09. The number of rotatable bonds is 7. The van der Waals surface area contributed by atoms with Crippen molar-refractivity contribution >= 4 is 18.7 Å². The molecular weight excluding hydrogens is 590 g/mol. The first-order chi connectivity index (χ1) is 18.6. The Morgan fingerprint density at radius 1 is 0.976 bits per heavy atom. The molecule has 202 valence electrons. The van der Waals surface area contributed by atoms with Crippen LogP contribution in [0.25, 0.3) is 33.4 Å². The Bertz CT molecular complexity index is 1670. The zero-order valence-corrected chi connectivity index (χ0v) is 31.2. The van der Waals surface area contributed by atoms with E-state index in [0.717, 1.165) is 58.4 Å². The molecule has 0 aliphatic rings. The van der Waals surface area contributed by atoms with Crippen LogP contribution in [-0.2, 0) is 17.5 Å². The average Bonchev–Trinajstić information content (AvgIpc) is 3.44. The van der Waals surface area contributed by atoms with Crippen LogP contribution < -0.4 is 109 Å². The van der Waals surface area contributed by atoms with Crippen molar-refractivity contribution in [1.82, 2.24) is 35.2 Å². The van der Waals surface area contributed by atoms with Crippen molar-refractivity contribution in [2.75, 3.05) is 0 Å². The van der Waals surface area contributed by atoms with Crippen molar-refractivity contribution in [3.63, 3.8) is 0 Å². The van der Waals surface area contributed by atoms with Crippen LogP contribution in [0.1, 0.15) is 36.7 Å². The largest absolute Gasteiger partial charge is 1.00 e. The molecule has 0 fully saturated rings. The van der Waals surface area contributed by atoms with Crippen molar-refractivity contribution in [2.24, 2.45) is 0 Å². The molecule has 0 spiro atoms. The van der Waals surface area contributed by atoms with Gasteiger partial charge in [0.05, 0.1) is 17.4 Å². The molecule has 2 aromatic carbocycles. The summed E-state index contributed by atoms with van der Waals surface area (Å²) in [5, 5.41) is 15.0. The number of pyridine rings is 1.